The SMILES string of the molecule is Cc1cccc(NC(=O)C2CCCN(C(=O)Nc3cccc(C)c3)C2)c1. The van der Waals surface area contributed by atoms with E-state index in [1.54, 1.807) is 4.90 Å². The molecule has 1 aliphatic rings. The molecule has 136 valence electrons. The second-order valence-electron chi connectivity index (χ2n) is 6.94. The highest BCUT2D eigenvalue weighted by Gasteiger charge is 2.28. The Morgan fingerprint density at radius 2 is 1.58 bits per heavy atom. The van der Waals surface area contributed by atoms with Crippen LogP contribution in [0.25, 0.3) is 0 Å². The number of urea groups is 1. The lowest BCUT2D eigenvalue weighted by molar-refractivity contribution is -0.121. The third kappa shape index (κ3) is 4.63. The van der Waals surface area contributed by atoms with Gasteiger partial charge in [-0.1, -0.05) is 24.3 Å². The number of amides is 3. The summed E-state index contributed by atoms with van der Waals surface area (Å²) < 4.78 is 0. The van der Waals surface area contributed by atoms with E-state index in [-0.39, 0.29) is 17.9 Å². The lowest BCUT2D eigenvalue weighted by atomic mass is 9.97. The Bertz CT molecular complexity index is 738. The van der Waals surface area contributed by atoms with Gasteiger partial charge >= 0.3 is 6.03 Å². The lowest BCUT2D eigenvalue weighted by Crippen LogP contribution is -2.45. The number of piperidine rings is 1. The number of carbonyl (C=O) groups excluding carboxylic acids is 2. The Morgan fingerprint density at radius 3 is 2.19 bits per heavy atom. The van der Waals surface area contributed by atoms with Crippen LogP contribution in [0.15, 0.2) is 48.5 Å². The Hall–Kier alpha value is -2.82. The molecule has 3 amide bonds. The third-order valence-electron chi connectivity index (χ3n) is 4.63. The molecule has 1 heterocycles. The second-order valence-corrected chi connectivity index (χ2v) is 6.94. The van der Waals surface area contributed by atoms with Gasteiger partial charge in [0.2, 0.25) is 5.91 Å². The first-order valence-corrected chi connectivity index (χ1v) is 9.01. The molecule has 1 unspecified atom stereocenters. The van der Waals surface area contributed by atoms with E-state index >= 15 is 0 Å². The van der Waals surface area contributed by atoms with E-state index in [4.69, 9.17) is 0 Å². The molecule has 0 bridgehead atoms. The first-order valence-electron chi connectivity index (χ1n) is 9.01. The number of rotatable bonds is 3. The summed E-state index contributed by atoms with van der Waals surface area (Å²) in [4.78, 5) is 26.8. The fourth-order valence-electron chi connectivity index (χ4n) is 3.27. The molecule has 3 rings (SSSR count). The quantitative estimate of drug-likeness (QED) is 0.871. The number of aryl methyl sites for hydroxylation is 2. The van der Waals surface area contributed by atoms with E-state index in [1.165, 1.54) is 0 Å². The standard InChI is InChI=1S/C21H25N3O2/c1-15-6-3-9-18(12-15)22-20(25)17-8-5-11-24(14-17)21(26)23-19-10-4-7-16(2)13-19/h3-4,6-7,9-10,12-13,17H,5,8,11,14H2,1-2H3,(H,22,25)(H,23,26). The summed E-state index contributed by atoms with van der Waals surface area (Å²) >= 11 is 0. The normalized spacial score (nSPS) is 16.8. The molecule has 0 aromatic heterocycles. The molecule has 1 aliphatic heterocycles. The number of likely N-dealkylation sites (tertiary alicyclic amines) is 1. The number of hydrogen-bond acceptors (Lipinski definition) is 2. The molecule has 0 aliphatic carbocycles. The lowest BCUT2D eigenvalue weighted by Gasteiger charge is -2.32. The number of nitrogens with one attached hydrogen (secondary N) is 2. The molecule has 0 spiro atoms. The summed E-state index contributed by atoms with van der Waals surface area (Å²) in [6, 6.07) is 15.3. The summed E-state index contributed by atoms with van der Waals surface area (Å²) in [6.07, 6.45) is 1.62. The Kier molecular flexibility index (Phi) is 5.56. The summed E-state index contributed by atoms with van der Waals surface area (Å²) in [5.74, 6) is -0.212. The average Bonchev–Trinajstić information content (AvgIpc) is 2.62. The van der Waals surface area contributed by atoms with Crippen molar-refractivity contribution in [1.82, 2.24) is 4.90 Å². The zero-order chi connectivity index (χ0) is 18.5. The zero-order valence-electron chi connectivity index (χ0n) is 15.3. The molecule has 2 aromatic carbocycles. The highest BCUT2D eigenvalue weighted by Crippen LogP contribution is 2.20. The van der Waals surface area contributed by atoms with E-state index < -0.39 is 0 Å². The first-order chi connectivity index (χ1) is 12.5. The van der Waals surface area contributed by atoms with Crippen molar-refractivity contribution in [2.24, 2.45) is 5.92 Å². The van der Waals surface area contributed by atoms with Gasteiger partial charge in [-0.3, -0.25) is 4.79 Å². The molecule has 26 heavy (non-hydrogen) atoms. The number of hydrogen-bond donors (Lipinski definition) is 2. The predicted octanol–water partition coefficient (Wildman–Crippen LogP) is 4.19. The second kappa shape index (κ2) is 8.04. The molecular formula is C21H25N3O2. The summed E-state index contributed by atoms with van der Waals surface area (Å²) in [7, 11) is 0. The van der Waals surface area contributed by atoms with Gasteiger partial charge in [0.25, 0.3) is 0 Å². The highest BCUT2D eigenvalue weighted by atomic mass is 16.2. The monoisotopic (exact) mass is 351 g/mol. The number of benzene rings is 2. The van der Waals surface area contributed by atoms with Crippen LogP contribution < -0.4 is 10.6 Å². The van der Waals surface area contributed by atoms with Crippen molar-refractivity contribution in [3.05, 3.63) is 59.7 Å². The van der Waals surface area contributed by atoms with Crippen LogP contribution in [-0.4, -0.2) is 29.9 Å². The fraction of sp³-hybridized carbons (Fsp3) is 0.333. The van der Waals surface area contributed by atoms with Crippen LogP contribution >= 0.6 is 0 Å². The van der Waals surface area contributed by atoms with Crippen LogP contribution in [-0.2, 0) is 4.79 Å². The third-order valence-corrected chi connectivity index (χ3v) is 4.63. The maximum absolute atomic E-state index is 12.6. The van der Waals surface area contributed by atoms with Gasteiger partial charge in [0, 0.05) is 24.5 Å². The first kappa shape index (κ1) is 18.0. The smallest absolute Gasteiger partial charge is 0.321 e. The van der Waals surface area contributed by atoms with Gasteiger partial charge in [-0.15, -0.1) is 0 Å². The molecule has 1 atom stereocenters. The van der Waals surface area contributed by atoms with Crippen molar-refractivity contribution in [2.45, 2.75) is 26.7 Å². The predicted molar refractivity (Wildman–Crippen MR) is 104 cm³/mol. The maximum atomic E-state index is 12.6. The van der Waals surface area contributed by atoms with Gasteiger partial charge in [0.15, 0.2) is 0 Å². The van der Waals surface area contributed by atoms with Gasteiger partial charge in [-0.05, 0) is 62.1 Å². The van der Waals surface area contributed by atoms with Crippen molar-refractivity contribution in [3.8, 4) is 0 Å². The number of nitrogens with zero attached hydrogens (tertiary/aromatic N) is 1. The van der Waals surface area contributed by atoms with Crippen molar-refractivity contribution in [1.29, 1.82) is 0 Å². The molecule has 2 aromatic rings. The topological polar surface area (TPSA) is 61.4 Å². The van der Waals surface area contributed by atoms with E-state index in [1.807, 2.05) is 62.4 Å². The van der Waals surface area contributed by atoms with Crippen LogP contribution in [0.4, 0.5) is 16.2 Å². The summed E-state index contributed by atoms with van der Waals surface area (Å²) in [5, 5.41) is 5.90. The van der Waals surface area contributed by atoms with Gasteiger partial charge in [-0.25, -0.2) is 4.79 Å². The molecular weight excluding hydrogens is 326 g/mol. The van der Waals surface area contributed by atoms with Gasteiger partial charge in [-0.2, -0.15) is 0 Å². The van der Waals surface area contributed by atoms with E-state index in [9.17, 15) is 9.59 Å². The minimum Gasteiger partial charge on any atom is -0.326 e. The largest absolute Gasteiger partial charge is 0.326 e. The zero-order valence-corrected chi connectivity index (χ0v) is 15.3. The van der Waals surface area contributed by atoms with E-state index in [0.29, 0.717) is 13.1 Å². The number of carbonyl (C=O) groups is 2. The fourth-order valence-corrected chi connectivity index (χ4v) is 3.27. The van der Waals surface area contributed by atoms with Crippen LogP contribution in [0.3, 0.4) is 0 Å². The van der Waals surface area contributed by atoms with Crippen LogP contribution in [0, 0.1) is 19.8 Å². The molecule has 1 fully saturated rings. The van der Waals surface area contributed by atoms with Gasteiger partial charge < -0.3 is 15.5 Å². The Labute approximate surface area is 154 Å². The number of anilines is 2. The maximum Gasteiger partial charge on any atom is 0.321 e. The van der Waals surface area contributed by atoms with Crippen molar-refractivity contribution < 1.29 is 9.59 Å². The summed E-state index contributed by atoms with van der Waals surface area (Å²) in [6.45, 7) is 5.09. The van der Waals surface area contributed by atoms with Crippen LogP contribution in [0.1, 0.15) is 24.0 Å². The average molecular weight is 351 g/mol. The molecule has 5 heteroatoms. The van der Waals surface area contributed by atoms with Crippen LogP contribution in [0.2, 0.25) is 0 Å². The highest BCUT2D eigenvalue weighted by molar-refractivity contribution is 5.94. The molecule has 2 N–H and O–H groups in total. The molecule has 5 nitrogen and oxygen atoms in total. The van der Waals surface area contributed by atoms with Crippen molar-refractivity contribution in [2.75, 3.05) is 23.7 Å². The van der Waals surface area contributed by atoms with Crippen molar-refractivity contribution in [3.63, 3.8) is 0 Å². The van der Waals surface area contributed by atoms with E-state index in [0.717, 1.165) is 35.3 Å². The van der Waals surface area contributed by atoms with Crippen LogP contribution in [0.5, 0.6) is 0 Å². The minimum atomic E-state index is -0.187. The molecule has 0 radical (unpaired) electrons. The minimum absolute atomic E-state index is 0.0244. The van der Waals surface area contributed by atoms with Gasteiger partial charge in [0.1, 0.15) is 0 Å². The summed E-state index contributed by atoms with van der Waals surface area (Å²) in [5.41, 5.74) is 3.78. The van der Waals surface area contributed by atoms with Gasteiger partial charge in [0.05, 0.1) is 5.92 Å². The van der Waals surface area contributed by atoms with Crippen molar-refractivity contribution >= 4 is 23.3 Å². The molecule has 0 saturated carbocycles. The van der Waals surface area contributed by atoms with E-state index in [2.05, 4.69) is 10.6 Å². The molecule has 1 saturated heterocycles. The Balaban J connectivity index is 1.59. The Morgan fingerprint density at radius 1 is 0.962 bits per heavy atom.